The zero-order valence-electron chi connectivity index (χ0n) is 12.3. The van der Waals surface area contributed by atoms with Crippen LogP contribution in [0.2, 0.25) is 0 Å². The van der Waals surface area contributed by atoms with Crippen LogP contribution in [0.5, 0.6) is 0 Å². The summed E-state index contributed by atoms with van der Waals surface area (Å²) in [5.74, 6) is 2.45. The van der Waals surface area contributed by atoms with Crippen molar-refractivity contribution in [2.24, 2.45) is 5.92 Å². The van der Waals surface area contributed by atoms with E-state index in [4.69, 9.17) is 0 Å². The van der Waals surface area contributed by atoms with Crippen molar-refractivity contribution in [1.29, 1.82) is 0 Å². The van der Waals surface area contributed by atoms with E-state index in [-0.39, 0.29) is 6.10 Å². The molecule has 2 rings (SSSR count). The molecule has 0 radical (unpaired) electrons. The molecule has 1 aromatic heterocycles. The Balaban J connectivity index is 1.93. The van der Waals surface area contributed by atoms with Crippen molar-refractivity contribution in [2.75, 3.05) is 13.6 Å². The maximum Gasteiger partial charge on any atom is 0.147 e. The Hall–Kier alpha value is -0.940. The van der Waals surface area contributed by atoms with E-state index in [1.165, 1.54) is 0 Å². The highest BCUT2D eigenvalue weighted by atomic mass is 16.3. The van der Waals surface area contributed by atoms with Crippen molar-refractivity contribution in [3.63, 3.8) is 0 Å². The van der Waals surface area contributed by atoms with Gasteiger partial charge in [-0.3, -0.25) is 4.90 Å². The highest BCUT2D eigenvalue weighted by molar-refractivity contribution is 4.94. The number of nitrogens with zero attached hydrogens (tertiary/aromatic N) is 4. The maximum atomic E-state index is 9.89. The number of aliphatic hydroxyl groups excluding tert-OH is 1. The van der Waals surface area contributed by atoms with Crippen LogP contribution in [0.1, 0.15) is 44.3 Å². The molecular weight excluding hydrogens is 240 g/mol. The van der Waals surface area contributed by atoms with Gasteiger partial charge in [0.25, 0.3) is 0 Å². The lowest BCUT2D eigenvalue weighted by Crippen LogP contribution is -2.30. The largest absolute Gasteiger partial charge is 0.393 e. The third kappa shape index (κ3) is 3.54. The minimum atomic E-state index is -0.113. The van der Waals surface area contributed by atoms with Crippen molar-refractivity contribution in [2.45, 2.75) is 58.7 Å². The molecule has 0 saturated heterocycles. The predicted molar refractivity (Wildman–Crippen MR) is 74.7 cm³/mol. The summed E-state index contributed by atoms with van der Waals surface area (Å²) in [4.78, 5) is 2.26. The third-order valence-corrected chi connectivity index (χ3v) is 4.04. The molecule has 5 nitrogen and oxygen atoms in total. The fourth-order valence-corrected chi connectivity index (χ4v) is 2.99. The molecule has 0 aromatic carbocycles. The van der Waals surface area contributed by atoms with Crippen LogP contribution < -0.4 is 0 Å². The monoisotopic (exact) mass is 266 g/mol. The fourth-order valence-electron chi connectivity index (χ4n) is 2.99. The molecule has 0 amide bonds. The smallest absolute Gasteiger partial charge is 0.147 e. The van der Waals surface area contributed by atoms with Gasteiger partial charge in [-0.15, -0.1) is 10.2 Å². The zero-order chi connectivity index (χ0) is 13.8. The minimum Gasteiger partial charge on any atom is -0.393 e. The molecule has 1 fully saturated rings. The predicted octanol–water partition coefficient (Wildman–Crippen LogP) is 1.59. The Labute approximate surface area is 115 Å². The number of rotatable bonds is 6. The van der Waals surface area contributed by atoms with Gasteiger partial charge >= 0.3 is 0 Å². The van der Waals surface area contributed by atoms with Crippen molar-refractivity contribution in [1.82, 2.24) is 19.7 Å². The van der Waals surface area contributed by atoms with E-state index in [9.17, 15) is 5.11 Å². The minimum absolute atomic E-state index is 0.113. The van der Waals surface area contributed by atoms with E-state index >= 15 is 0 Å². The Morgan fingerprint density at radius 2 is 2.16 bits per heavy atom. The summed E-state index contributed by atoms with van der Waals surface area (Å²) in [5.41, 5.74) is 0. The molecule has 19 heavy (non-hydrogen) atoms. The first-order valence-electron chi connectivity index (χ1n) is 7.37. The van der Waals surface area contributed by atoms with E-state index in [1.807, 2.05) is 6.92 Å². The van der Waals surface area contributed by atoms with Gasteiger partial charge < -0.3 is 9.67 Å². The zero-order valence-corrected chi connectivity index (χ0v) is 12.3. The first-order chi connectivity index (χ1) is 9.11. The van der Waals surface area contributed by atoms with Crippen LogP contribution >= 0.6 is 0 Å². The van der Waals surface area contributed by atoms with E-state index in [0.717, 1.165) is 57.0 Å². The average Bonchev–Trinajstić information content (AvgIpc) is 2.90. The molecule has 1 aliphatic rings. The summed E-state index contributed by atoms with van der Waals surface area (Å²) < 4.78 is 2.20. The van der Waals surface area contributed by atoms with Gasteiger partial charge in [0.2, 0.25) is 0 Å². The average molecular weight is 266 g/mol. The van der Waals surface area contributed by atoms with E-state index < -0.39 is 0 Å². The van der Waals surface area contributed by atoms with Crippen molar-refractivity contribution in [3.8, 4) is 0 Å². The Morgan fingerprint density at radius 3 is 2.79 bits per heavy atom. The van der Waals surface area contributed by atoms with Gasteiger partial charge in [-0.1, -0.05) is 13.3 Å². The lowest BCUT2D eigenvalue weighted by atomic mass is 10.1. The van der Waals surface area contributed by atoms with Gasteiger partial charge in [0.1, 0.15) is 11.6 Å². The number of hydrogen-bond acceptors (Lipinski definition) is 4. The molecule has 1 N–H and O–H groups in total. The normalized spacial score (nSPS) is 23.4. The molecule has 2 unspecified atom stereocenters. The number of aliphatic hydroxyl groups is 1. The number of aryl methyl sites for hydroxylation is 1. The van der Waals surface area contributed by atoms with Crippen LogP contribution in [0.3, 0.4) is 0 Å². The molecule has 108 valence electrons. The molecule has 1 heterocycles. The Kier molecular flexibility index (Phi) is 4.93. The summed E-state index contributed by atoms with van der Waals surface area (Å²) in [5, 5.41) is 18.3. The lowest BCUT2D eigenvalue weighted by molar-refractivity contribution is 0.107. The standard InChI is InChI=1S/C14H26N4O/c1-4-8-18-11(2)15-16-14(18)10-17(3)9-12-6-5-7-13(12)19/h12-13,19H,4-10H2,1-3H3. The molecule has 0 aliphatic heterocycles. The van der Waals surface area contributed by atoms with Gasteiger partial charge in [-0.25, -0.2) is 0 Å². The van der Waals surface area contributed by atoms with Gasteiger partial charge in [0.05, 0.1) is 12.6 Å². The third-order valence-electron chi connectivity index (χ3n) is 4.04. The lowest BCUT2D eigenvalue weighted by Gasteiger charge is -2.22. The molecule has 1 aromatic rings. The van der Waals surface area contributed by atoms with Crippen molar-refractivity contribution < 1.29 is 5.11 Å². The summed E-state index contributed by atoms with van der Waals surface area (Å²) in [7, 11) is 2.10. The second-order valence-electron chi connectivity index (χ2n) is 5.77. The fraction of sp³-hybridized carbons (Fsp3) is 0.857. The highest BCUT2D eigenvalue weighted by Gasteiger charge is 2.26. The van der Waals surface area contributed by atoms with Crippen LogP contribution in [0.25, 0.3) is 0 Å². The summed E-state index contributed by atoms with van der Waals surface area (Å²) in [6.45, 7) is 6.91. The Bertz CT molecular complexity index is 404. The molecule has 0 bridgehead atoms. The number of hydrogen-bond donors (Lipinski definition) is 1. The molecule has 2 atom stereocenters. The van der Waals surface area contributed by atoms with Gasteiger partial charge in [0.15, 0.2) is 0 Å². The van der Waals surface area contributed by atoms with E-state index in [2.05, 4.69) is 33.6 Å². The summed E-state index contributed by atoms with van der Waals surface area (Å²) in [6.07, 6.45) is 4.25. The quantitative estimate of drug-likeness (QED) is 0.849. The van der Waals surface area contributed by atoms with Gasteiger partial charge in [-0.2, -0.15) is 0 Å². The molecule has 0 spiro atoms. The Morgan fingerprint density at radius 1 is 1.37 bits per heavy atom. The van der Waals surface area contributed by atoms with Crippen molar-refractivity contribution >= 4 is 0 Å². The van der Waals surface area contributed by atoms with Crippen molar-refractivity contribution in [3.05, 3.63) is 11.6 Å². The second-order valence-corrected chi connectivity index (χ2v) is 5.77. The number of aromatic nitrogens is 3. The topological polar surface area (TPSA) is 54.2 Å². The first kappa shape index (κ1) is 14.5. The van der Waals surface area contributed by atoms with Gasteiger partial charge in [-0.05, 0) is 39.2 Å². The summed E-state index contributed by atoms with van der Waals surface area (Å²) >= 11 is 0. The second kappa shape index (κ2) is 6.48. The van der Waals surface area contributed by atoms with Gasteiger partial charge in [0, 0.05) is 13.1 Å². The summed E-state index contributed by atoms with van der Waals surface area (Å²) in [6, 6.07) is 0. The van der Waals surface area contributed by atoms with Crippen LogP contribution in [0, 0.1) is 12.8 Å². The molecule has 5 heteroatoms. The molecule has 1 aliphatic carbocycles. The molecular formula is C14H26N4O. The van der Waals surface area contributed by atoms with Crippen LogP contribution in [0.15, 0.2) is 0 Å². The SMILES string of the molecule is CCCn1c(C)nnc1CN(C)CC1CCCC1O. The van der Waals surface area contributed by atoms with Crippen LogP contribution in [0.4, 0.5) is 0 Å². The maximum absolute atomic E-state index is 9.89. The van der Waals surface area contributed by atoms with E-state index in [1.54, 1.807) is 0 Å². The highest BCUT2D eigenvalue weighted by Crippen LogP contribution is 2.26. The van der Waals surface area contributed by atoms with E-state index in [0.29, 0.717) is 5.92 Å². The van der Waals surface area contributed by atoms with Crippen LogP contribution in [-0.2, 0) is 13.1 Å². The molecule has 1 saturated carbocycles. The van der Waals surface area contributed by atoms with Crippen LogP contribution in [-0.4, -0.2) is 44.5 Å². The first-order valence-corrected chi connectivity index (χ1v) is 7.37.